The number of para-hydroxylation sites is 2. The number of aromatic nitrogens is 2. The normalized spacial score (nSPS) is 10.8. The van der Waals surface area contributed by atoms with Crippen LogP contribution in [-0.4, -0.2) is 4.98 Å². The summed E-state index contributed by atoms with van der Waals surface area (Å²) in [7, 11) is 0. The quantitative estimate of drug-likeness (QED) is 0.351. The van der Waals surface area contributed by atoms with E-state index in [4.69, 9.17) is 4.98 Å². The number of halogens is 1. The Labute approximate surface area is 165 Å². The van der Waals surface area contributed by atoms with Crippen LogP contribution < -0.4 is 28.5 Å². The summed E-state index contributed by atoms with van der Waals surface area (Å²) in [6.07, 6.45) is 4.62. The van der Waals surface area contributed by atoms with Gasteiger partial charge in [0.05, 0.1) is 16.8 Å². The number of rotatable bonds is 4. The number of nitrogens with zero attached hydrogens (tertiary/aromatic N) is 2. The maximum atomic E-state index is 4.86. The highest BCUT2D eigenvalue weighted by molar-refractivity contribution is 5.84. The standard InChI is InChI=1S/C22H21N2.HI/c1-2-3-14-24-16-19(15-18-9-5-7-11-22(18)24)21-13-12-17-8-4-6-10-20(17)23-21;/h4-13,15-16H,2-3,14H2,1H3;1H/q+1;/p-1. The van der Waals surface area contributed by atoms with Gasteiger partial charge in [-0.15, -0.1) is 0 Å². The molecule has 0 radical (unpaired) electrons. The molecular formula is C22H21IN2. The number of hydrogen-bond acceptors (Lipinski definition) is 1. The number of hydrogen-bond donors (Lipinski definition) is 0. The first-order valence-electron chi connectivity index (χ1n) is 8.63. The maximum Gasteiger partial charge on any atom is 0.212 e. The predicted molar refractivity (Wildman–Crippen MR) is 99.8 cm³/mol. The third-order valence-corrected chi connectivity index (χ3v) is 4.50. The van der Waals surface area contributed by atoms with Crippen molar-refractivity contribution in [3.8, 4) is 11.3 Å². The Morgan fingerprint density at radius 3 is 2.48 bits per heavy atom. The van der Waals surface area contributed by atoms with E-state index in [-0.39, 0.29) is 24.0 Å². The van der Waals surface area contributed by atoms with Crippen molar-refractivity contribution in [2.24, 2.45) is 0 Å². The van der Waals surface area contributed by atoms with E-state index in [1.54, 1.807) is 0 Å². The summed E-state index contributed by atoms with van der Waals surface area (Å²) in [4.78, 5) is 4.86. The molecule has 0 unspecified atom stereocenters. The molecule has 0 saturated heterocycles. The zero-order valence-corrected chi connectivity index (χ0v) is 16.5. The molecule has 2 aromatic heterocycles. The van der Waals surface area contributed by atoms with Crippen LogP contribution in [0.15, 0.2) is 72.9 Å². The van der Waals surface area contributed by atoms with Crippen LogP contribution in [0.1, 0.15) is 19.8 Å². The number of pyridine rings is 2. The van der Waals surface area contributed by atoms with Crippen LogP contribution in [0.5, 0.6) is 0 Å². The monoisotopic (exact) mass is 440 g/mol. The minimum absolute atomic E-state index is 0. The highest BCUT2D eigenvalue weighted by atomic mass is 127. The lowest BCUT2D eigenvalue weighted by atomic mass is 10.1. The van der Waals surface area contributed by atoms with Crippen molar-refractivity contribution in [3.63, 3.8) is 0 Å². The number of fused-ring (bicyclic) bond motifs is 2. The van der Waals surface area contributed by atoms with E-state index in [0.717, 1.165) is 17.8 Å². The van der Waals surface area contributed by atoms with Crippen LogP contribution in [-0.2, 0) is 6.54 Å². The largest absolute Gasteiger partial charge is 1.00 e. The zero-order valence-electron chi connectivity index (χ0n) is 14.3. The SMILES string of the molecule is CCCC[n+]1cc(-c2ccc3ccccc3n2)cc2ccccc21.[I-]. The van der Waals surface area contributed by atoms with Crippen molar-refractivity contribution < 1.29 is 28.5 Å². The first-order chi connectivity index (χ1) is 11.8. The molecule has 0 N–H and O–H groups in total. The minimum atomic E-state index is 0. The molecular weight excluding hydrogens is 419 g/mol. The van der Waals surface area contributed by atoms with Gasteiger partial charge >= 0.3 is 0 Å². The van der Waals surface area contributed by atoms with Gasteiger partial charge in [0, 0.05) is 23.3 Å². The molecule has 0 aliphatic heterocycles. The summed E-state index contributed by atoms with van der Waals surface area (Å²) < 4.78 is 2.37. The minimum Gasteiger partial charge on any atom is -1.00 e. The van der Waals surface area contributed by atoms with Gasteiger partial charge < -0.3 is 24.0 Å². The van der Waals surface area contributed by atoms with Gasteiger partial charge in [-0.3, -0.25) is 0 Å². The fraction of sp³-hybridized carbons (Fsp3) is 0.182. The lowest BCUT2D eigenvalue weighted by molar-refractivity contribution is -0.671. The van der Waals surface area contributed by atoms with E-state index in [1.165, 1.54) is 34.7 Å². The van der Waals surface area contributed by atoms with Gasteiger partial charge in [-0.25, -0.2) is 4.98 Å². The Balaban J connectivity index is 0.00000182. The maximum absolute atomic E-state index is 4.86. The van der Waals surface area contributed by atoms with Crippen LogP contribution in [0.3, 0.4) is 0 Å². The van der Waals surface area contributed by atoms with E-state index in [1.807, 2.05) is 6.07 Å². The van der Waals surface area contributed by atoms with E-state index < -0.39 is 0 Å². The fourth-order valence-corrected chi connectivity index (χ4v) is 3.19. The third kappa shape index (κ3) is 3.66. The summed E-state index contributed by atoms with van der Waals surface area (Å²) in [6, 6.07) is 23.4. The van der Waals surface area contributed by atoms with Crippen molar-refractivity contribution in [3.05, 3.63) is 72.9 Å². The second-order valence-electron chi connectivity index (χ2n) is 6.22. The summed E-state index contributed by atoms with van der Waals surface area (Å²) in [5.74, 6) is 0. The van der Waals surface area contributed by atoms with Crippen molar-refractivity contribution in [1.29, 1.82) is 0 Å². The molecule has 3 heteroatoms. The second kappa shape index (κ2) is 7.91. The Kier molecular flexibility index (Phi) is 5.63. The summed E-state index contributed by atoms with van der Waals surface area (Å²) >= 11 is 0. The molecule has 4 aromatic rings. The molecule has 0 bridgehead atoms. The Morgan fingerprint density at radius 1 is 0.880 bits per heavy atom. The van der Waals surface area contributed by atoms with Gasteiger partial charge in [-0.1, -0.05) is 49.7 Å². The van der Waals surface area contributed by atoms with Gasteiger partial charge in [0.1, 0.15) is 6.54 Å². The fourth-order valence-electron chi connectivity index (χ4n) is 3.19. The number of benzene rings is 2. The smallest absolute Gasteiger partial charge is 0.212 e. The van der Waals surface area contributed by atoms with Gasteiger partial charge in [-0.05, 0) is 24.3 Å². The molecule has 0 atom stereocenters. The predicted octanol–water partition coefficient (Wildman–Crippen LogP) is 2.15. The number of unbranched alkanes of at least 4 members (excludes halogenated alkanes) is 1. The molecule has 2 aromatic carbocycles. The van der Waals surface area contributed by atoms with Crippen molar-refractivity contribution in [2.75, 3.05) is 0 Å². The van der Waals surface area contributed by atoms with Crippen molar-refractivity contribution in [2.45, 2.75) is 26.3 Å². The highest BCUT2D eigenvalue weighted by Gasteiger charge is 2.13. The molecule has 0 spiro atoms. The lowest BCUT2D eigenvalue weighted by Crippen LogP contribution is -3.00. The van der Waals surface area contributed by atoms with Gasteiger partial charge in [0.15, 0.2) is 6.20 Å². The molecule has 0 aliphatic rings. The molecule has 0 aliphatic carbocycles. The molecule has 0 saturated carbocycles. The number of aryl methyl sites for hydroxylation is 1. The van der Waals surface area contributed by atoms with Crippen LogP contribution in [0.25, 0.3) is 33.1 Å². The molecule has 2 nitrogen and oxygen atoms in total. The molecule has 2 heterocycles. The van der Waals surface area contributed by atoms with E-state index in [9.17, 15) is 0 Å². The topological polar surface area (TPSA) is 16.8 Å². The summed E-state index contributed by atoms with van der Waals surface area (Å²) in [5, 5.41) is 2.45. The van der Waals surface area contributed by atoms with E-state index in [0.29, 0.717) is 0 Å². The Bertz CT molecular complexity index is 1010. The highest BCUT2D eigenvalue weighted by Crippen LogP contribution is 2.23. The van der Waals surface area contributed by atoms with Gasteiger partial charge in [-0.2, -0.15) is 4.57 Å². The second-order valence-corrected chi connectivity index (χ2v) is 6.22. The van der Waals surface area contributed by atoms with Crippen LogP contribution >= 0.6 is 0 Å². The van der Waals surface area contributed by atoms with Crippen LogP contribution in [0, 0.1) is 0 Å². The molecule has 126 valence electrons. The third-order valence-electron chi connectivity index (χ3n) is 4.50. The first-order valence-corrected chi connectivity index (χ1v) is 8.63. The van der Waals surface area contributed by atoms with Crippen LogP contribution in [0.4, 0.5) is 0 Å². The Hall–Kier alpha value is -2.01. The van der Waals surface area contributed by atoms with E-state index in [2.05, 4.69) is 78.4 Å². The average Bonchev–Trinajstić information content (AvgIpc) is 2.65. The van der Waals surface area contributed by atoms with E-state index >= 15 is 0 Å². The lowest BCUT2D eigenvalue weighted by Gasteiger charge is -2.06. The average molecular weight is 440 g/mol. The molecule has 0 amide bonds. The molecule has 25 heavy (non-hydrogen) atoms. The van der Waals surface area contributed by atoms with Gasteiger partial charge in [0.25, 0.3) is 0 Å². The van der Waals surface area contributed by atoms with Crippen molar-refractivity contribution >= 4 is 21.8 Å². The van der Waals surface area contributed by atoms with Crippen molar-refractivity contribution in [1.82, 2.24) is 4.98 Å². The first kappa shape index (κ1) is 17.8. The molecule has 0 fully saturated rings. The summed E-state index contributed by atoms with van der Waals surface area (Å²) in [6.45, 7) is 3.27. The summed E-state index contributed by atoms with van der Waals surface area (Å²) in [5.41, 5.74) is 4.54. The Morgan fingerprint density at radius 2 is 1.64 bits per heavy atom. The zero-order chi connectivity index (χ0) is 16.4. The van der Waals surface area contributed by atoms with Crippen LogP contribution in [0.2, 0.25) is 0 Å². The molecule has 4 rings (SSSR count). The van der Waals surface area contributed by atoms with Gasteiger partial charge in [0.2, 0.25) is 5.52 Å².